The topological polar surface area (TPSA) is 108 Å². The summed E-state index contributed by atoms with van der Waals surface area (Å²) in [6.45, 7) is 11.6. The minimum Gasteiger partial charge on any atom is -0.491 e. The van der Waals surface area contributed by atoms with Crippen LogP contribution in [-0.4, -0.2) is 44.2 Å². The summed E-state index contributed by atoms with van der Waals surface area (Å²) in [5.74, 6) is 1.41. The number of aryl methyl sites for hydroxylation is 3. The number of ether oxygens (including phenoxy) is 2. The fraction of sp³-hybridized carbons (Fsp3) is 0.480. The van der Waals surface area contributed by atoms with Crippen LogP contribution in [0.2, 0.25) is 0 Å². The molecule has 0 unspecified atom stereocenters. The first kappa shape index (κ1) is 25.1. The lowest BCUT2D eigenvalue weighted by atomic mass is 10.0. The van der Waals surface area contributed by atoms with E-state index in [1.165, 1.54) is 0 Å². The first-order valence-electron chi connectivity index (χ1n) is 11.6. The SMILES string of the molecule is CCOC(=O)C[C@H](NC(=O)CCc1c(C)nc2nc(C)nn2c1C)c1ccc(OC(C)C)cc1. The van der Waals surface area contributed by atoms with Crippen LogP contribution in [0.25, 0.3) is 5.78 Å². The molecule has 1 atom stereocenters. The van der Waals surface area contributed by atoms with Gasteiger partial charge in [-0.2, -0.15) is 10.1 Å². The van der Waals surface area contributed by atoms with E-state index < -0.39 is 6.04 Å². The Balaban J connectivity index is 1.72. The molecule has 9 heteroatoms. The van der Waals surface area contributed by atoms with E-state index in [4.69, 9.17) is 9.47 Å². The fourth-order valence-corrected chi connectivity index (χ4v) is 3.86. The van der Waals surface area contributed by atoms with Gasteiger partial charge in [0, 0.05) is 17.8 Å². The summed E-state index contributed by atoms with van der Waals surface area (Å²) >= 11 is 0. The van der Waals surface area contributed by atoms with Gasteiger partial charge < -0.3 is 14.8 Å². The summed E-state index contributed by atoms with van der Waals surface area (Å²) in [6, 6.07) is 6.91. The number of nitrogens with one attached hydrogen (secondary N) is 1. The van der Waals surface area contributed by atoms with Crippen LogP contribution in [-0.2, 0) is 20.7 Å². The fourth-order valence-electron chi connectivity index (χ4n) is 3.86. The third-order valence-electron chi connectivity index (χ3n) is 5.42. The molecule has 1 aromatic carbocycles. The number of benzene rings is 1. The molecule has 0 spiro atoms. The summed E-state index contributed by atoms with van der Waals surface area (Å²) in [6.07, 6.45) is 0.853. The molecular weight excluding hydrogens is 434 g/mol. The van der Waals surface area contributed by atoms with E-state index in [1.54, 1.807) is 11.4 Å². The van der Waals surface area contributed by atoms with Crippen LogP contribution >= 0.6 is 0 Å². The zero-order chi connectivity index (χ0) is 24.8. The Morgan fingerprint density at radius 3 is 2.44 bits per heavy atom. The molecule has 1 amide bonds. The van der Waals surface area contributed by atoms with Crippen molar-refractivity contribution >= 4 is 17.7 Å². The van der Waals surface area contributed by atoms with E-state index in [9.17, 15) is 9.59 Å². The smallest absolute Gasteiger partial charge is 0.308 e. The molecular formula is C25H33N5O4. The highest BCUT2D eigenvalue weighted by Gasteiger charge is 2.20. The van der Waals surface area contributed by atoms with Gasteiger partial charge in [-0.05, 0) is 71.2 Å². The molecule has 2 heterocycles. The largest absolute Gasteiger partial charge is 0.491 e. The maximum atomic E-state index is 12.9. The highest BCUT2D eigenvalue weighted by molar-refractivity contribution is 5.78. The van der Waals surface area contributed by atoms with Gasteiger partial charge >= 0.3 is 5.97 Å². The van der Waals surface area contributed by atoms with Gasteiger partial charge in [0.05, 0.1) is 25.2 Å². The van der Waals surface area contributed by atoms with Crippen LogP contribution in [0.1, 0.15) is 68.0 Å². The Labute approximate surface area is 199 Å². The highest BCUT2D eigenvalue weighted by Crippen LogP contribution is 2.22. The van der Waals surface area contributed by atoms with E-state index in [1.807, 2.05) is 58.9 Å². The second-order valence-corrected chi connectivity index (χ2v) is 8.50. The molecule has 2 aromatic heterocycles. The van der Waals surface area contributed by atoms with E-state index in [2.05, 4.69) is 20.4 Å². The zero-order valence-electron chi connectivity index (χ0n) is 20.7. The van der Waals surface area contributed by atoms with Crippen molar-refractivity contribution < 1.29 is 19.1 Å². The monoisotopic (exact) mass is 467 g/mol. The lowest BCUT2D eigenvalue weighted by Gasteiger charge is -2.20. The number of amides is 1. The minimum atomic E-state index is -0.500. The molecule has 34 heavy (non-hydrogen) atoms. The number of rotatable bonds is 10. The van der Waals surface area contributed by atoms with Crippen LogP contribution in [0.3, 0.4) is 0 Å². The van der Waals surface area contributed by atoms with E-state index in [0.29, 0.717) is 18.0 Å². The molecule has 0 radical (unpaired) electrons. The van der Waals surface area contributed by atoms with Gasteiger partial charge in [0.2, 0.25) is 5.91 Å². The molecule has 182 valence electrons. The Kier molecular flexibility index (Phi) is 8.20. The first-order chi connectivity index (χ1) is 16.2. The lowest BCUT2D eigenvalue weighted by molar-refractivity contribution is -0.143. The third kappa shape index (κ3) is 6.30. The van der Waals surface area contributed by atoms with Crippen LogP contribution in [0.4, 0.5) is 0 Å². The van der Waals surface area contributed by atoms with Gasteiger partial charge in [-0.25, -0.2) is 9.50 Å². The Hall–Kier alpha value is -3.49. The van der Waals surface area contributed by atoms with Gasteiger partial charge in [0.25, 0.3) is 5.78 Å². The maximum absolute atomic E-state index is 12.9. The molecule has 0 saturated heterocycles. The second kappa shape index (κ2) is 11.1. The van der Waals surface area contributed by atoms with Crippen molar-refractivity contribution in [3.8, 4) is 5.75 Å². The number of fused-ring (bicyclic) bond motifs is 1. The molecule has 9 nitrogen and oxygen atoms in total. The number of hydrogen-bond acceptors (Lipinski definition) is 7. The predicted octanol–water partition coefficient (Wildman–Crippen LogP) is 3.58. The van der Waals surface area contributed by atoms with E-state index >= 15 is 0 Å². The van der Waals surface area contributed by atoms with Gasteiger partial charge in [-0.1, -0.05) is 12.1 Å². The summed E-state index contributed by atoms with van der Waals surface area (Å²) in [5.41, 5.74) is 3.52. The van der Waals surface area contributed by atoms with Gasteiger partial charge in [0.15, 0.2) is 0 Å². The highest BCUT2D eigenvalue weighted by atomic mass is 16.5. The maximum Gasteiger partial charge on any atom is 0.308 e. The van der Waals surface area contributed by atoms with Crippen LogP contribution < -0.4 is 10.1 Å². The van der Waals surface area contributed by atoms with Gasteiger partial charge in [-0.15, -0.1) is 0 Å². The molecule has 1 N–H and O–H groups in total. The summed E-state index contributed by atoms with van der Waals surface area (Å²) < 4.78 is 12.5. The van der Waals surface area contributed by atoms with Crippen molar-refractivity contribution in [2.75, 3.05) is 6.61 Å². The summed E-state index contributed by atoms with van der Waals surface area (Å²) in [4.78, 5) is 33.9. The summed E-state index contributed by atoms with van der Waals surface area (Å²) in [5, 5.41) is 7.38. The molecule has 0 aliphatic heterocycles. The molecule has 3 rings (SSSR count). The zero-order valence-corrected chi connectivity index (χ0v) is 20.7. The first-order valence-corrected chi connectivity index (χ1v) is 11.6. The van der Waals surface area contributed by atoms with Crippen molar-refractivity contribution in [2.24, 2.45) is 0 Å². The normalized spacial score (nSPS) is 12.1. The molecule has 0 fully saturated rings. The lowest BCUT2D eigenvalue weighted by Crippen LogP contribution is -2.31. The van der Waals surface area contributed by atoms with Crippen molar-refractivity contribution in [3.05, 3.63) is 52.6 Å². The van der Waals surface area contributed by atoms with Crippen LogP contribution in [0.15, 0.2) is 24.3 Å². The van der Waals surface area contributed by atoms with E-state index in [0.717, 1.165) is 28.3 Å². The van der Waals surface area contributed by atoms with Crippen LogP contribution in [0, 0.1) is 20.8 Å². The Morgan fingerprint density at radius 2 is 1.79 bits per heavy atom. The van der Waals surface area contributed by atoms with Crippen LogP contribution in [0.5, 0.6) is 5.75 Å². The average Bonchev–Trinajstić information content (AvgIpc) is 3.13. The summed E-state index contributed by atoms with van der Waals surface area (Å²) in [7, 11) is 0. The quantitative estimate of drug-likeness (QED) is 0.454. The number of carbonyl (C=O) groups is 2. The number of aromatic nitrogens is 4. The third-order valence-corrected chi connectivity index (χ3v) is 5.42. The second-order valence-electron chi connectivity index (χ2n) is 8.50. The average molecular weight is 468 g/mol. The van der Waals surface area contributed by atoms with E-state index in [-0.39, 0.29) is 37.4 Å². The minimum absolute atomic E-state index is 0.0494. The van der Waals surface area contributed by atoms with Crippen molar-refractivity contribution in [1.82, 2.24) is 24.9 Å². The van der Waals surface area contributed by atoms with Crippen molar-refractivity contribution in [2.45, 2.75) is 73.0 Å². The Morgan fingerprint density at radius 1 is 1.09 bits per heavy atom. The molecule has 0 aliphatic carbocycles. The van der Waals surface area contributed by atoms with Gasteiger partial charge in [-0.3, -0.25) is 9.59 Å². The number of nitrogens with zero attached hydrogens (tertiary/aromatic N) is 4. The number of hydrogen-bond donors (Lipinski definition) is 1. The van der Waals surface area contributed by atoms with Gasteiger partial charge in [0.1, 0.15) is 11.6 Å². The standard InChI is InChI=1S/C25H33N5O4/c1-7-33-24(32)14-22(19-8-10-20(11-9-19)34-15(2)3)28-23(31)13-12-21-16(4)26-25-27-18(6)29-30(25)17(21)5/h8-11,15,22H,7,12-14H2,1-6H3,(H,28,31)/t22-/m0/s1. The van der Waals surface area contributed by atoms with Crippen molar-refractivity contribution in [3.63, 3.8) is 0 Å². The number of carbonyl (C=O) groups excluding carboxylic acids is 2. The molecule has 0 saturated carbocycles. The van der Waals surface area contributed by atoms with Crippen molar-refractivity contribution in [1.29, 1.82) is 0 Å². The predicted molar refractivity (Wildman–Crippen MR) is 128 cm³/mol. The Bertz CT molecular complexity index is 1150. The number of esters is 1. The molecule has 0 aliphatic rings. The molecule has 3 aromatic rings. The molecule has 0 bridgehead atoms.